The zero-order valence-electron chi connectivity index (χ0n) is 14.1. The van der Waals surface area contributed by atoms with E-state index >= 15 is 0 Å². The highest BCUT2D eigenvalue weighted by atomic mass is 127. The van der Waals surface area contributed by atoms with Gasteiger partial charge in [0, 0.05) is 3.57 Å². The Balaban J connectivity index is 1.72. The van der Waals surface area contributed by atoms with Gasteiger partial charge < -0.3 is 9.47 Å². The maximum absolute atomic E-state index is 11.7. The Kier molecular flexibility index (Phi) is 8.24. The molecule has 2 rings (SSSR count). The first kappa shape index (κ1) is 19.2. The molecule has 1 N–H and O–H groups in total. The van der Waals surface area contributed by atoms with E-state index < -0.39 is 0 Å². The summed E-state index contributed by atoms with van der Waals surface area (Å²) in [6, 6.07) is 15.0. The fraction of sp³-hybridized carbons (Fsp3) is 0.263. The molecule has 0 aromatic heterocycles. The topological polar surface area (TPSA) is 59.9 Å². The lowest BCUT2D eigenvalue weighted by Crippen LogP contribution is -2.24. The number of unbranched alkanes of at least 4 members (excludes halogenated alkanes) is 1. The number of nitrogens with zero attached hydrogens (tertiary/aromatic N) is 1. The van der Waals surface area contributed by atoms with E-state index in [9.17, 15) is 4.79 Å². The van der Waals surface area contributed by atoms with Gasteiger partial charge in [0.25, 0.3) is 5.91 Å². The Morgan fingerprint density at radius 1 is 1.16 bits per heavy atom. The molecule has 0 radical (unpaired) electrons. The lowest BCUT2D eigenvalue weighted by Gasteiger charge is -2.07. The Bertz CT molecular complexity index is 702. The lowest BCUT2D eigenvalue weighted by molar-refractivity contribution is -0.123. The molecule has 0 fully saturated rings. The molecule has 0 atom stereocenters. The summed E-state index contributed by atoms with van der Waals surface area (Å²) in [7, 11) is 0. The summed E-state index contributed by atoms with van der Waals surface area (Å²) in [6.07, 6.45) is 3.73. The van der Waals surface area contributed by atoms with Crippen molar-refractivity contribution >= 4 is 34.7 Å². The molecule has 5 nitrogen and oxygen atoms in total. The second kappa shape index (κ2) is 10.7. The highest BCUT2D eigenvalue weighted by Crippen LogP contribution is 2.17. The molecule has 0 unspecified atom stereocenters. The van der Waals surface area contributed by atoms with Gasteiger partial charge in [0.1, 0.15) is 11.5 Å². The predicted octanol–water partition coefficient (Wildman–Crippen LogP) is 4.00. The number of amides is 1. The first-order chi connectivity index (χ1) is 12.2. The maximum Gasteiger partial charge on any atom is 0.277 e. The molecule has 0 saturated heterocycles. The number of benzene rings is 2. The molecule has 2 aromatic rings. The smallest absolute Gasteiger partial charge is 0.277 e. The van der Waals surface area contributed by atoms with Crippen molar-refractivity contribution in [2.75, 3.05) is 13.2 Å². The molecule has 0 spiro atoms. The number of ether oxygens (including phenoxy) is 2. The van der Waals surface area contributed by atoms with Gasteiger partial charge in [0.2, 0.25) is 0 Å². The summed E-state index contributed by atoms with van der Waals surface area (Å²) in [6.45, 7) is 2.73. The van der Waals surface area contributed by atoms with Gasteiger partial charge in [-0.2, -0.15) is 5.10 Å². The zero-order valence-corrected chi connectivity index (χ0v) is 16.2. The van der Waals surface area contributed by atoms with E-state index in [2.05, 4.69) is 40.0 Å². The number of carbonyl (C=O) groups excluding carboxylic acids is 1. The molecule has 0 aliphatic rings. The molecular formula is C19H21IN2O3. The fourth-order valence-electron chi connectivity index (χ4n) is 1.91. The van der Waals surface area contributed by atoms with E-state index in [1.807, 2.05) is 36.4 Å². The SMILES string of the molecule is CCCCOc1ccc(OCC(=O)N/N=C\c2cccc(I)c2)cc1. The largest absolute Gasteiger partial charge is 0.494 e. The van der Waals surface area contributed by atoms with Crippen LogP contribution in [0.2, 0.25) is 0 Å². The monoisotopic (exact) mass is 452 g/mol. The second-order valence-electron chi connectivity index (χ2n) is 5.31. The van der Waals surface area contributed by atoms with E-state index in [-0.39, 0.29) is 12.5 Å². The van der Waals surface area contributed by atoms with Crippen molar-refractivity contribution in [3.63, 3.8) is 0 Å². The molecule has 132 valence electrons. The van der Waals surface area contributed by atoms with Crippen LogP contribution in [0.5, 0.6) is 11.5 Å². The standard InChI is InChI=1S/C19H21IN2O3/c1-2-3-11-24-17-7-9-18(10-8-17)25-14-19(23)22-21-13-15-5-4-6-16(20)12-15/h4-10,12-13H,2-3,11,14H2,1H3,(H,22,23)/b21-13-. The summed E-state index contributed by atoms with van der Waals surface area (Å²) < 4.78 is 12.1. The van der Waals surface area contributed by atoms with Crippen LogP contribution < -0.4 is 14.9 Å². The summed E-state index contributed by atoms with van der Waals surface area (Å²) in [5.74, 6) is 1.09. The van der Waals surface area contributed by atoms with Crippen LogP contribution in [0.15, 0.2) is 53.6 Å². The van der Waals surface area contributed by atoms with E-state index in [0.717, 1.165) is 27.7 Å². The summed E-state index contributed by atoms with van der Waals surface area (Å²) in [4.78, 5) is 11.7. The van der Waals surface area contributed by atoms with Crippen LogP contribution in [0.3, 0.4) is 0 Å². The molecule has 0 aliphatic heterocycles. The van der Waals surface area contributed by atoms with Crippen LogP contribution in [-0.2, 0) is 4.79 Å². The van der Waals surface area contributed by atoms with Gasteiger partial charge in [-0.1, -0.05) is 25.5 Å². The van der Waals surface area contributed by atoms with Crippen molar-refractivity contribution in [1.82, 2.24) is 5.43 Å². The van der Waals surface area contributed by atoms with Gasteiger partial charge in [-0.25, -0.2) is 5.43 Å². The highest BCUT2D eigenvalue weighted by molar-refractivity contribution is 14.1. The van der Waals surface area contributed by atoms with Gasteiger partial charge in [-0.3, -0.25) is 4.79 Å². The number of hydrazone groups is 1. The first-order valence-electron chi connectivity index (χ1n) is 8.10. The number of hydrogen-bond donors (Lipinski definition) is 1. The molecule has 1 amide bonds. The average Bonchev–Trinajstić information content (AvgIpc) is 2.61. The number of nitrogens with one attached hydrogen (secondary N) is 1. The van der Waals surface area contributed by atoms with Gasteiger partial charge in [0.15, 0.2) is 6.61 Å². The molecule has 0 aliphatic carbocycles. The fourth-order valence-corrected chi connectivity index (χ4v) is 2.48. The third-order valence-corrected chi connectivity index (χ3v) is 3.88. The highest BCUT2D eigenvalue weighted by Gasteiger charge is 2.02. The minimum atomic E-state index is -0.315. The molecule has 25 heavy (non-hydrogen) atoms. The maximum atomic E-state index is 11.7. The van der Waals surface area contributed by atoms with Gasteiger partial charge in [0.05, 0.1) is 12.8 Å². The van der Waals surface area contributed by atoms with Gasteiger partial charge in [-0.05, 0) is 71.0 Å². The van der Waals surface area contributed by atoms with Crippen molar-refractivity contribution in [2.24, 2.45) is 5.10 Å². The number of carbonyl (C=O) groups is 1. The Morgan fingerprint density at radius 2 is 1.88 bits per heavy atom. The Labute approximate surface area is 161 Å². The summed E-state index contributed by atoms with van der Waals surface area (Å²) in [5.41, 5.74) is 3.37. The zero-order chi connectivity index (χ0) is 17.9. The molecule has 0 bridgehead atoms. The number of hydrogen-bond acceptors (Lipinski definition) is 4. The van der Waals surface area contributed by atoms with E-state index in [0.29, 0.717) is 12.4 Å². The molecule has 0 saturated carbocycles. The first-order valence-corrected chi connectivity index (χ1v) is 9.18. The molecule has 6 heteroatoms. The number of rotatable bonds is 9. The van der Waals surface area contributed by atoms with Crippen LogP contribution in [0.4, 0.5) is 0 Å². The van der Waals surface area contributed by atoms with Crippen molar-refractivity contribution in [3.05, 3.63) is 57.7 Å². The van der Waals surface area contributed by atoms with Crippen molar-refractivity contribution < 1.29 is 14.3 Å². The van der Waals surface area contributed by atoms with Gasteiger partial charge >= 0.3 is 0 Å². The lowest BCUT2D eigenvalue weighted by atomic mass is 10.2. The minimum absolute atomic E-state index is 0.0975. The Hall–Kier alpha value is -2.09. The number of halogens is 1. The van der Waals surface area contributed by atoms with E-state index in [1.54, 1.807) is 18.3 Å². The summed E-state index contributed by atoms with van der Waals surface area (Å²) in [5, 5.41) is 3.92. The quantitative estimate of drug-likeness (QED) is 0.271. The van der Waals surface area contributed by atoms with Crippen LogP contribution >= 0.6 is 22.6 Å². The molecular weight excluding hydrogens is 431 g/mol. The second-order valence-corrected chi connectivity index (χ2v) is 6.56. The third kappa shape index (κ3) is 7.55. The van der Waals surface area contributed by atoms with Crippen LogP contribution in [-0.4, -0.2) is 25.3 Å². The molecule has 0 heterocycles. The third-order valence-electron chi connectivity index (χ3n) is 3.21. The molecule has 2 aromatic carbocycles. The van der Waals surface area contributed by atoms with E-state index in [4.69, 9.17) is 9.47 Å². The van der Waals surface area contributed by atoms with Gasteiger partial charge in [-0.15, -0.1) is 0 Å². The van der Waals surface area contributed by atoms with Crippen molar-refractivity contribution in [2.45, 2.75) is 19.8 Å². The van der Waals surface area contributed by atoms with E-state index in [1.165, 1.54) is 0 Å². The average molecular weight is 452 g/mol. The predicted molar refractivity (Wildman–Crippen MR) is 107 cm³/mol. The Morgan fingerprint density at radius 3 is 2.56 bits per heavy atom. The van der Waals surface area contributed by atoms with Crippen LogP contribution in [0.25, 0.3) is 0 Å². The minimum Gasteiger partial charge on any atom is -0.494 e. The normalized spacial score (nSPS) is 10.6. The van der Waals surface area contributed by atoms with Crippen molar-refractivity contribution in [1.29, 1.82) is 0 Å². The van der Waals surface area contributed by atoms with Crippen LogP contribution in [0.1, 0.15) is 25.3 Å². The van der Waals surface area contributed by atoms with Crippen molar-refractivity contribution in [3.8, 4) is 11.5 Å². The van der Waals surface area contributed by atoms with Crippen LogP contribution in [0, 0.1) is 3.57 Å². The summed E-state index contributed by atoms with van der Waals surface area (Å²) >= 11 is 2.22.